The minimum atomic E-state index is -0.861. The monoisotopic (exact) mass is 269 g/mol. The normalized spacial score (nSPS) is 30.4. The van der Waals surface area contributed by atoms with Gasteiger partial charge in [0.2, 0.25) is 0 Å². The molecule has 2 aliphatic rings. The van der Waals surface area contributed by atoms with Crippen molar-refractivity contribution in [2.24, 2.45) is 5.92 Å². The number of carbonyl (C=O) groups is 1. The van der Waals surface area contributed by atoms with Crippen LogP contribution in [0.4, 0.5) is 0 Å². The number of nitrogens with zero attached hydrogens (tertiary/aromatic N) is 1. The molecule has 0 aromatic carbocycles. The van der Waals surface area contributed by atoms with Crippen LogP contribution in [0, 0.1) is 5.92 Å². The second-order valence-corrected chi connectivity index (χ2v) is 6.03. The predicted octanol–water partition coefficient (Wildman–Crippen LogP) is 2.52. The van der Waals surface area contributed by atoms with Gasteiger partial charge in [-0.05, 0) is 31.6 Å². The number of hydrogen-bond acceptors (Lipinski definition) is 3. The summed E-state index contributed by atoms with van der Waals surface area (Å²) in [6.45, 7) is 4.31. The molecule has 1 aliphatic heterocycles. The van der Waals surface area contributed by atoms with Crippen molar-refractivity contribution in [2.45, 2.75) is 64.0 Å². The van der Waals surface area contributed by atoms with Crippen molar-refractivity contribution in [3.05, 3.63) is 0 Å². The number of hydrogen-bond donors (Lipinski definition) is 1. The lowest BCUT2D eigenvalue weighted by Crippen LogP contribution is -2.45. The van der Waals surface area contributed by atoms with Crippen molar-refractivity contribution < 1.29 is 14.6 Å². The van der Waals surface area contributed by atoms with E-state index < -0.39 is 5.97 Å². The van der Waals surface area contributed by atoms with Gasteiger partial charge in [0.05, 0.1) is 6.10 Å². The van der Waals surface area contributed by atoms with Gasteiger partial charge >= 0.3 is 5.97 Å². The molecule has 0 spiro atoms. The number of piperidine rings is 1. The van der Waals surface area contributed by atoms with Gasteiger partial charge in [0.25, 0.3) is 0 Å². The van der Waals surface area contributed by atoms with E-state index in [9.17, 15) is 4.79 Å². The average Bonchev–Trinajstić information content (AvgIpc) is 2.45. The molecule has 2 rings (SSSR count). The van der Waals surface area contributed by atoms with Crippen LogP contribution in [0.1, 0.15) is 51.9 Å². The second-order valence-electron chi connectivity index (χ2n) is 6.03. The van der Waals surface area contributed by atoms with Crippen LogP contribution in [0.5, 0.6) is 0 Å². The first kappa shape index (κ1) is 14.8. The van der Waals surface area contributed by atoms with E-state index in [0.717, 1.165) is 37.9 Å². The van der Waals surface area contributed by atoms with Crippen LogP contribution in [0.3, 0.4) is 0 Å². The van der Waals surface area contributed by atoms with E-state index in [-0.39, 0.29) is 12.7 Å². The van der Waals surface area contributed by atoms with E-state index in [0.29, 0.717) is 0 Å². The van der Waals surface area contributed by atoms with Crippen molar-refractivity contribution in [1.29, 1.82) is 0 Å². The Labute approximate surface area is 116 Å². The Bertz CT molecular complexity index is 287. The number of aliphatic carboxylic acids is 1. The van der Waals surface area contributed by atoms with E-state index in [1.807, 2.05) is 0 Å². The summed E-state index contributed by atoms with van der Waals surface area (Å²) in [6, 6.07) is 0.763. The van der Waals surface area contributed by atoms with Gasteiger partial charge in [0.1, 0.15) is 6.61 Å². The average molecular weight is 269 g/mol. The van der Waals surface area contributed by atoms with Gasteiger partial charge in [-0.3, -0.25) is 0 Å². The Morgan fingerprint density at radius 2 is 2.00 bits per heavy atom. The van der Waals surface area contributed by atoms with Crippen molar-refractivity contribution >= 4 is 5.97 Å². The standard InChI is InChI=1S/C15H27NO3/c1-2-12-4-3-5-13(10-12)16-8-6-14(7-9-16)19-11-15(17)18/h12-14H,2-11H2,1H3,(H,17,18). The molecule has 1 heterocycles. The Hall–Kier alpha value is -0.610. The molecule has 0 aromatic rings. The Balaban J connectivity index is 1.72. The van der Waals surface area contributed by atoms with E-state index in [1.165, 1.54) is 32.1 Å². The van der Waals surface area contributed by atoms with Crippen LogP contribution in [0.2, 0.25) is 0 Å². The molecule has 2 fully saturated rings. The van der Waals surface area contributed by atoms with Crippen LogP contribution < -0.4 is 0 Å². The van der Waals surface area contributed by atoms with Crippen molar-refractivity contribution in [3.63, 3.8) is 0 Å². The minimum absolute atomic E-state index is 0.147. The van der Waals surface area contributed by atoms with Gasteiger partial charge in [-0.2, -0.15) is 0 Å². The Morgan fingerprint density at radius 3 is 2.63 bits per heavy atom. The first-order valence-corrected chi connectivity index (χ1v) is 7.76. The quantitative estimate of drug-likeness (QED) is 0.833. The summed E-state index contributed by atoms with van der Waals surface area (Å²) in [5.41, 5.74) is 0. The van der Waals surface area contributed by atoms with Gasteiger partial charge in [0, 0.05) is 19.1 Å². The van der Waals surface area contributed by atoms with Gasteiger partial charge in [-0.15, -0.1) is 0 Å². The molecular weight excluding hydrogens is 242 g/mol. The Morgan fingerprint density at radius 1 is 1.26 bits per heavy atom. The van der Waals surface area contributed by atoms with Gasteiger partial charge < -0.3 is 14.7 Å². The zero-order chi connectivity index (χ0) is 13.7. The van der Waals surface area contributed by atoms with E-state index in [2.05, 4.69) is 11.8 Å². The summed E-state index contributed by atoms with van der Waals surface area (Å²) >= 11 is 0. The molecule has 4 nitrogen and oxygen atoms in total. The molecule has 1 N–H and O–H groups in total. The van der Waals surface area contributed by atoms with Crippen molar-refractivity contribution in [2.75, 3.05) is 19.7 Å². The van der Waals surface area contributed by atoms with Crippen LogP contribution in [-0.2, 0) is 9.53 Å². The zero-order valence-corrected chi connectivity index (χ0v) is 12.0. The molecule has 2 atom stereocenters. The van der Waals surface area contributed by atoms with Gasteiger partial charge in [-0.25, -0.2) is 4.79 Å². The number of carboxylic acids is 1. The maximum Gasteiger partial charge on any atom is 0.329 e. The van der Waals surface area contributed by atoms with E-state index in [4.69, 9.17) is 9.84 Å². The molecular formula is C15H27NO3. The second kappa shape index (κ2) is 7.25. The first-order chi connectivity index (χ1) is 9.19. The largest absolute Gasteiger partial charge is 0.480 e. The predicted molar refractivity (Wildman–Crippen MR) is 74.2 cm³/mol. The van der Waals surface area contributed by atoms with Gasteiger partial charge in [-0.1, -0.05) is 26.2 Å². The summed E-state index contributed by atoms with van der Waals surface area (Å²) in [6.07, 6.45) is 8.92. The first-order valence-electron chi connectivity index (χ1n) is 7.76. The minimum Gasteiger partial charge on any atom is -0.480 e. The maximum atomic E-state index is 10.5. The summed E-state index contributed by atoms with van der Waals surface area (Å²) < 4.78 is 5.40. The fourth-order valence-corrected chi connectivity index (χ4v) is 3.56. The van der Waals surface area contributed by atoms with Gasteiger partial charge in [0.15, 0.2) is 0 Å². The molecule has 1 saturated carbocycles. The summed E-state index contributed by atoms with van der Waals surface area (Å²) in [5, 5.41) is 8.62. The molecule has 0 radical (unpaired) electrons. The number of carboxylic acid groups (broad SMARTS) is 1. The highest BCUT2D eigenvalue weighted by Gasteiger charge is 2.29. The molecule has 19 heavy (non-hydrogen) atoms. The maximum absolute atomic E-state index is 10.5. The highest BCUT2D eigenvalue weighted by atomic mass is 16.5. The Kier molecular flexibility index (Phi) is 5.64. The molecule has 110 valence electrons. The van der Waals surface area contributed by atoms with E-state index >= 15 is 0 Å². The lowest BCUT2D eigenvalue weighted by molar-refractivity contribution is -0.145. The zero-order valence-electron chi connectivity index (χ0n) is 12.0. The van der Waals surface area contributed by atoms with Crippen LogP contribution >= 0.6 is 0 Å². The third-order valence-corrected chi connectivity index (χ3v) is 4.77. The molecule has 1 aliphatic carbocycles. The SMILES string of the molecule is CCC1CCCC(N2CCC(OCC(=O)O)CC2)C1. The molecule has 0 bridgehead atoms. The number of rotatable bonds is 5. The third-order valence-electron chi connectivity index (χ3n) is 4.77. The number of ether oxygens (including phenoxy) is 1. The molecule has 0 aromatic heterocycles. The molecule has 1 saturated heterocycles. The van der Waals surface area contributed by atoms with Crippen LogP contribution in [0.25, 0.3) is 0 Å². The number of likely N-dealkylation sites (tertiary alicyclic amines) is 1. The molecule has 2 unspecified atom stereocenters. The summed E-state index contributed by atoms with van der Waals surface area (Å²) in [7, 11) is 0. The highest BCUT2D eigenvalue weighted by molar-refractivity contribution is 5.68. The topological polar surface area (TPSA) is 49.8 Å². The fourth-order valence-electron chi connectivity index (χ4n) is 3.56. The molecule has 0 amide bonds. The van der Waals surface area contributed by atoms with Crippen LogP contribution in [-0.4, -0.2) is 47.8 Å². The summed E-state index contributed by atoms with van der Waals surface area (Å²) in [4.78, 5) is 13.1. The third kappa shape index (κ3) is 4.46. The van der Waals surface area contributed by atoms with Crippen molar-refractivity contribution in [3.8, 4) is 0 Å². The lowest BCUT2D eigenvalue weighted by atomic mass is 9.83. The fraction of sp³-hybridized carbons (Fsp3) is 0.933. The molecule has 4 heteroatoms. The van der Waals surface area contributed by atoms with E-state index in [1.54, 1.807) is 0 Å². The van der Waals surface area contributed by atoms with Crippen LogP contribution in [0.15, 0.2) is 0 Å². The van der Waals surface area contributed by atoms with Crippen molar-refractivity contribution in [1.82, 2.24) is 4.90 Å². The lowest BCUT2D eigenvalue weighted by Gasteiger charge is -2.41. The summed E-state index contributed by atoms with van der Waals surface area (Å²) in [5.74, 6) is 0.0558. The highest BCUT2D eigenvalue weighted by Crippen LogP contribution is 2.31. The smallest absolute Gasteiger partial charge is 0.329 e.